The van der Waals surface area contributed by atoms with Crippen LogP contribution in [0.3, 0.4) is 0 Å². The SMILES string of the molecule is O=[N+]([O-])C1C=NC=NC1. The minimum Gasteiger partial charge on any atom is -0.266 e. The average molecular weight is 127 g/mol. The van der Waals surface area contributed by atoms with Crippen molar-refractivity contribution in [1.29, 1.82) is 0 Å². The summed E-state index contributed by atoms with van der Waals surface area (Å²) >= 11 is 0. The summed E-state index contributed by atoms with van der Waals surface area (Å²) in [6, 6.07) is -0.713. The molecule has 0 amide bonds. The maximum absolute atomic E-state index is 9.99. The number of aliphatic imine (C=N–C) groups is 2. The third kappa shape index (κ3) is 1.31. The van der Waals surface area contributed by atoms with Crippen LogP contribution in [0.2, 0.25) is 0 Å². The van der Waals surface area contributed by atoms with E-state index in [2.05, 4.69) is 9.98 Å². The van der Waals surface area contributed by atoms with Gasteiger partial charge in [-0.1, -0.05) is 0 Å². The van der Waals surface area contributed by atoms with Gasteiger partial charge in [-0.2, -0.15) is 0 Å². The van der Waals surface area contributed by atoms with Crippen molar-refractivity contribution in [3.05, 3.63) is 10.1 Å². The molecule has 1 rings (SSSR count). The van der Waals surface area contributed by atoms with Gasteiger partial charge in [-0.15, -0.1) is 0 Å². The molecule has 0 fully saturated rings. The molecule has 0 aromatic heterocycles. The standard InChI is InChI=1S/C4H5N3O2/c8-7(9)4-1-5-3-6-2-4/h1,3-4H,2H2. The van der Waals surface area contributed by atoms with Crippen LogP contribution in [0.1, 0.15) is 0 Å². The molecular formula is C4H5N3O2. The Kier molecular flexibility index (Phi) is 1.53. The van der Waals surface area contributed by atoms with E-state index in [1.165, 1.54) is 12.6 Å². The molecule has 0 saturated heterocycles. The Bertz CT molecular complexity index is 175. The average Bonchev–Trinajstić information content (AvgIpc) is 1.90. The van der Waals surface area contributed by atoms with Crippen LogP contribution in [0.4, 0.5) is 0 Å². The fourth-order valence-corrected chi connectivity index (χ4v) is 0.508. The van der Waals surface area contributed by atoms with E-state index in [1.807, 2.05) is 0 Å². The summed E-state index contributed by atoms with van der Waals surface area (Å²) in [6.07, 6.45) is 2.60. The molecule has 1 heterocycles. The monoisotopic (exact) mass is 127 g/mol. The van der Waals surface area contributed by atoms with Crippen molar-refractivity contribution in [2.24, 2.45) is 9.98 Å². The first-order valence-electron chi connectivity index (χ1n) is 2.46. The van der Waals surface area contributed by atoms with Gasteiger partial charge < -0.3 is 0 Å². The molecule has 0 aromatic carbocycles. The van der Waals surface area contributed by atoms with Crippen LogP contribution in [0.5, 0.6) is 0 Å². The van der Waals surface area contributed by atoms with E-state index in [0.29, 0.717) is 0 Å². The van der Waals surface area contributed by atoms with Gasteiger partial charge in [0.25, 0.3) is 6.04 Å². The second-order valence-corrected chi connectivity index (χ2v) is 1.63. The maximum atomic E-state index is 9.99. The normalized spacial score (nSPS) is 24.2. The third-order valence-electron chi connectivity index (χ3n) is 0.970. The van der Waals surface area contributed by atoms with Crippen molar-refractivity contribution < 1.29 is 4.92 Å². The number of rotatable bonds is 1. The van der Waals surface area contributed by atoms with E-state index < -0.39 is 11.0 Å². The first-order chi connectivity index (χ1) is 4.30. The minimum absolute atomic E-state index is 0.219. The fourth-order valence-electron chi connectivity index (χ4n) is 0.508. The van der Waals surface area contributed by atoms with Gasteiger partial charge in [-0.3, -0.25) is 15.1 Å². The molecule has 9 heavy (non-hydrogen) atoms. The molecule has 0 saturated carbocycles. The molecule has 1 atom stereocenters. The number of nitro groups is 1. The molecule has 0 bridgehead atoms. The Hall–Kier alpha value is -1.26. The molecule has 0 N–H and O–H groups in total. The Morgan fingerprint density at radius 3 is 2.89 bits per heavy atom. The van der Waals surface area contributed by atoms with Gasteiger partial charge in [0.1, 0.15) is 12.9 Å². The number of hydrogen-bond donors (Lipinski definition) is 0. The van der Waals surface area contributed by atoms with Crippen LogP contribution in [0.15, 0.2) is 9.98 Å². The zero-order chi connectivity index (χ0) is 6.69. The van der Waals surface area contributed by atoms with E-state index in [9.17, 15) is 10.1 Å². The molecule has 48 valence electrons. The highest BCUT2D eigenvalue weighted by atomic mass is 16.6. The Labute approximate surface area is 51.3 Å². The van der Waals surface area contributed by atoms with Crippen molar-refractivity contribution in [1.82, 2.24) is 0 Å². The van der Waals surface area contributed by atoms with E-state index in [0.717, 1.165) is 0 Å². The van der Waals surface area contributed by atoms with Crippen LogP contribution in [-0.4, -0.2) is 30.1 Å². The lowest BCUT2D eigenvalue weighted by atomic mass is 10.3. The molecule has 0 spiro atoms. The van der Waals surface area contributed by atoms with Gasteiger partial charge in [0.05, 0.1) is 6.21 Å². The predicted octanol–water partition coefficient (Wildman–Crippen LogP) is -0.256. The van der Waals surface area contributed by atoms with E-state index in [-0.39, 0.29) is 6.54 Å². The quantitative estimate of drug-likeness (QED) is 0.360. The molecule has 0 aliphatic carbocycles. The fraction of sp³-hybridized carbons (Fsp3) is 0.500. The van der Waals surface area contributed by atoms with Gasteiger partial charge in [0.15, 0.2) is 0 Å². The zero-order valence-corrected chi connectivity index (χ0v) is 4.60. The Balaban J connectivity index is 2.56. The second-order valence-electron chi connectivity index (χ2n) is 1.63. The van der Waals surface area contributed by atoms with E-state index >= 15 is 0 Å². The van der Waals surface area contributed by atoms with Crippen LogP contribution in [-0.2, 0) is 0 Å². The van der Waals surface area contributed by atoms with Crippen LogP contribution in [0, 0.1) is 10.1 Å². The molecule has 0 radical (unpaired) electrons. The molecule has 1 aliphatic rings. The molecule has 5 nitrogen and oxygen atoms in total. The lowest BCUT2D eigenvalue weighted by Crippen LogP contribution is -2.26. The van der Waals surface area contributed by atoms with Gasteiger partial charge in [-0.05, 0) is 0 Å². The summed E-state index contributed by atoms with van der Waals surface area (Å²) in [4.78, 5) is 16.7. The summed E-state index contributed by atoms with van der Waals surface area (Å²) in [5.74, 6) is 0. The summed E-state index contributed by atoms with van der Waals surface area (Å²) in [6.45, 7) is 0.219. The lowest BCUT2D eigenvalue weighted by Gasteiger charge is -2.00. The largest absolute Gasteiger partial charge is 0.267 e. The van der Waals surface area contributed by atoms with Crippen molar-refractivity contribution in [2.45, 2.75) is 6.04 Å². The Morgan fingerprint density at radius 2 is 2.56 bits per heavy atom. The molecule has 0 aromatic rings. The zero-order valence-electron chi connectivity index (χ0n) is 4.60. The highest BCUT2D eigenvalue weighted by molar-refractivity contribution is 5.77. The minimum atomic E-state index is -0.713. The van der Waals surface area contributed by atoms with Crippen molar-refractivity contribution in [3.8, 4) is 0 Å². The lowest BCUT2D eigenvalue weighted by molar-refractivity contribution is -0.498. The van der Waals surface area contributed by atoms with E-state index in [1.54, 1.807) is 0 Å². The number of hydrogen-bond acceptors (Lipinski definition) is 4. The first kappa shape index (κ1) is 5.87. The first-order valence-corrected chi connectivity index (χ1v) is 2.46. The van der Waals surface area contributed by atoms with Crippen LogP contribution >= 0.6 is 0 Å². The third-order valence-corrected chi connectivity index (χ3v) is 0.970. The summed E-state index contributed by atoms with van der Waals surface area (Å²) in [5, 5.41) is 9.99. The summed E-state index contributed by atoms with van der Waals surface area (Å²) in [5.41, 5.74) is 0. The van der Waals surface area contributed by atoms with Gasteiger partial charge >= 0.3 is 0 Å². The second kappa shape index (κ2) is 2.34. The number of nitrogens with zero attached hydrogens (tertiary/aromatic N) is 3. The molecule has 1 aliphatic heterocycles. The van der Waals surface area contributed by atoms with Crippen molar-refractivity contribution in [2.75, 3.05) is 6.54 Å². The smallest absolute Gasteiger partial charge is 0.266 e. The van der Waals surface area contributed by atoms with Crippen molar-refractivity contribution >= 4 is 12.6 Å². The molecule has 1 unspecified atom stereocenters. The Morgan fingerprint density at radius 1 is 1.78 bits per heavy atom. The maximum Gasteiger partial charge on any atom is 0.267 e. The van der Waals surface area contributed by atoms with Gasteiger partial charge in [-0.25, -0.2) is 4.99 Å². The predicted molar refractivity (Wildman–Crippen MR) is 32.6 cm³/mol. The topological polar surface area (TPSA) is 67.9 Å². The summed E-state index contributed by atoms with van der Waals surface area (Å²) in [7, 11) is 0. The van der Waals surface area contributed by atoms with Crippen molar-refractivity contribution in [3.63, 3.8) is 0 Å². The van der Waals surface area contributed by atoms with Crippen LogP contribution in [0.25, 0.3) is 0 Å². The summed E-state index contributed by atoms with van der Waals surface area (Å²) < 4.78 is 0. The van der Waals surface area contributed by atoms with Gasteiger partial charge in [0, 0.05) is 4.92 Å². The highest BCUT2D eigenvalue weighted by Crippen LogP contribution is 1.90. The highest BCUT2D eigenvalue weighted by Gasteiger charge is 2.16. The van der Waals surface area contributed by atoms with Crippen LogP contribution < -0.4 is 0 Å². The molecule has 5 heteroatoms. The van der Waals surface area contributed by atoms with Gasteiger partial charge in [0.2, 0.25) is 0 Å². The van der Waals surface area contributed by atoms with E-state index in [4.69, 9.17) is 0 Å². The molecular weight excluding hydrogens is 122 g/mol.